The van der Waals surface area contributed by atoms with E-state index < -0.39 is 5.54 Å². The molecular weight excluding hydrogens is 259 g/mol. The highest BCUT2D eigenvalue weighted by molar-refractivity contribution is 5.89. The van der Waals surface area contributed by atoms with Crippen LogP contribution < -0.4 is 10.6 Å². The number of carbonyl (C=O) groups excluding carboxylic acids is 1. The molecule has 2 unspecified atom stereocenters. The smallest absolute Gasteiger partial charge is 0.319 e. The molecule has 1 aliphatic carbocycles. The molecule has 0 radical (unpaired) electrons. The summed E-state index contributed by atoms with van der Waals surface area (Å²) < 4.78 is 12.8. The Morgan fingerprint density at radius 3 is 2.75 bits per heavy atom. The van der Waals surface area contributed by atoms with Crippen molar-refractivity contribution in [1.82, 2.24) is 5.32 Å². The molecule has 2 amide bonds. The van der Waals surface area contributed by atoms with Gasteiger partial charge < -0.3 is 15.7 Å². The fourth-order valence-corrected chi connectivity index (χ4v) is 2.89. The van der Waals surface area contributed by atoms with Crippen LogP contribution in [0.3, 0.4) is 0 Å². The number of rotatable bonds is 3. The van der Waals surface area contributed by atoms with Crippen molar-refractivity contribution >= 4 is 11.7 Å². The van der Waals surface area contributed by atoms with E-state index in [4.69, 9.17) is 0 Å². The van der Waals surface area contributed by atoms with Crippen molar-refractivity contribution in [1.29, 1.82) is 0 Å². The van der Waals surface area contributed by atoms with Gasteiger partial charge in [0.05, 0.1) is 12.1 Å². The van der Waals surface area contributed by atoms with Crippen LogP contribution >= 0.6 is 0 Å². The summed E-state index contributed by atoms with van der Waals surface area (Å²) in [5.74, 6) is 0.144. The molecule has 5 heteroatoms. The minimum Gasteiger partial charge on any atom is -0.394 e. The van der Waals surface area contributed by atoms with E-state index >= 15 is 0 Å². The summed E-state index contributed by atoms with van der Waals surface area (Å²) in [5, 5.41) is 15.2. The molecule has 1 saturated carbocycles. The van der Waals surface area contributed by atoms with Gasteiger partial charge >= 0.3 is 6.03 Å². The van der Waals surface area contributed by atoms with Gasteiger partial charge in [-0.3, -0.25) is 0 Å². The van der Waals surface area contributed by atoms with Crippen molar-refractivity contribution in [3.8, 4) is 0 Å². The van der Waals surface area contributed by atoms with Crippen LogP contribution in [-0.4, -0.2) is 23.3 Å². The Bertz CT molecular complexity index is 463. The minimum absolute atomic E-state index is 0.0613. The molecule has 110 valence electrons. The summed E-state index contributed by atoms with van der Waals surface area (Å²) in [6.45, 7) is 2.07. The van der Waals surface area contributed by atoms with Crippen molar-refractivity contribution in [2.24, 2.45) is 5.92 Å². The third kappa shape index (κ3) is 3.70. The number of nitrogens with one attached hydrogen (secondary N) is 2. The number of amides is 2. The largest absolute Gasteiger partial charge is 0.394 e. The van der Waals surface area contributed by atoms with Gasteiger partial charge in [-0.25, -0.2) is 9.18 Å². The predicted molar refractivity (Wildman–Crippen MR) is 76.0 cm³/mol. The molecule has 1 aliphatic rings. The highest BCUT2D eigenvalue weighted by atomic mass is 19.1. The number of benzene rings is 1. The average molecular weight is 280 g/mol. The summed E-state index contributed by atoms with van der Waals surface area (Å²) in [6, 6.07) is 5.23. The van der Waals surface area contributed by atoms with Crippen molar-refractivity contribution in [2.45, 2.75) is 38.1 Å². The van der Waals surface area contributed by atoms with Gasteiger partial charge in [0.2, 0.25) is 0 Å². The predicted octanol–water partition coefficient (Wildman–Crippen LogP) is 2.89. The molecule has 0 aliphatic heterocycles. The number of hydrogen-bond acceptors (Lipinski definition) is 2. The maximum Gasteiger partial charge on any atom is 0.319 e. The molecule has 0 saturated heterocycles. The van der Waals surface area contributed by atoms with E-state index in [1.165, 1.54) is 24.3 Å². The van der Waals surface area contributed by atoms with Crippen molar-refractivity contribution in [3.63, 3.8) is 0 Å². The zero-order chi connectivity index (χ0) is 14.6. The fraction of sp³-hybridized carbons (Fsp3) is 0.533. The van der Waals surface area contributed by atoms with Crippen LogP contribution in [0.15, 0.2) is 24.3 Å². The Labute approximate surface area is 118 Å². The molecule has 0 bridgehead atoms. The van der Waals surface area contributed by atoms with Crippen LogP contribution in [0.25, 0.3) is 0 Å². The number of carbonyl (C=O) groups is 1. The summed E-state index contributed by atoms with van der Waals surface area (Å²) >= 11 is 0. The van der Waals surface area contributed by atoms with E-state index in [1.807, 2.05) is 0 Å². The minimum atomic E-state index is -0.540. The van der Waals surface area contributed by atoms with Crippen LogP contribution in [0.2, 0.25) is 0 Å². The third-order valence-corrected chi connectivity index (χ3v) is 3.87. The molecule has 3 N–H and O–H groups in total. The first-order valence-electron chi connectivity index (χ1n) is 6.99. The number of hydrogen-bond donors (Lipinski definition) is 3. The first-order chi connectivity index (χ1) is 9.53. The lowest BCUT2D eigenvalue weighted by Crippen LogP contribution is -2.55. The van der Waals surface area contributed by atoms with Gasteiger partial charge in [0.15, 0.2) is 0 Å². The molecule has 0 aromatic heterocycles. The van der Waals surface area contributed by atoms with Crippen molar-refractivity contribution in [2.75, 3.05) is 11.9 Å². The average Bonchev–Trinajstić information content (AvgIpc) is 2.41. The quantitative estimate of drug-likeness (QED) is 0.797. The Morgan fingerprint density at radius 2 is 2.15 bits per heavy atom. The molecule has 0 heterocycles. The molecule has 4 nitrogen and oxygen atoms in total. The lowest BCUT2D eigenvalue weighted by atomic mass is 9.77. The van der Waals surface area contributed by atoms with Gasteiger partial charge in [-0.15, -0.1) is 0 Å². The second-order valence-corrected chi connectivity index (χ2v) is 5.73. The Balaban J connectivity index is 1.97. The Morgan fingerprint density at radius 1 is 1.45 bits per heavy atom. The highest BCUT2D eigenvalue weighted by Crippen LogP contribution is 2.32. The van der Waals surface area contributed by atoms with Gasteiger partial charge in [0.1, 0.15) is 5.82 Å². The molecule has 20 heavy (non-hydrogen) atoms. The van der Waals surface area contributed by atoms with E-state index in [-0.39, 0.29) is 18.5 Å². The second kappa shape index (κ2) is 6.22. The summed E-state index contributed by atoms with van der Waals surface area (Å²) in [6.07, 6.45) is 3.69. The lowest BCUT2D eigenvalue weighted by Gasteiger charge is -2.39. The van der Waals surface area contributed by atoms with E-state index in [0.717, 1.165) is 25.7 Å². The first kappa shape index (κ1) is 14.8. The van der Waals surface area contributed by atoms with E-state index in [0.29, 0.717) is 11.6 Å². The lowest BCUT2D eigenvalue weighted by molar-refractivity contribution is 0.108. The number of aliphatic hydroxyl groups is 1. The molecule has 1 aromatic rings. The van der Waals surface area contributed by atoms with Crippen LogP contribution in [0, 0.1) is 11.7 Å². The summed E-state index contributed by atoms with van der Waals surface area (Å²) in [7, 11) is 0. The molecule has 1 fully saturated rings. The topological polar surface area (TPSA) is 61.4 Å². The molecular formula is C15H21FN2O2. The van der Waals surface area contributed by atoms with Crippen molar-refractivity contribution < 1.29 is 14.3 Å². The van der Waals surface area contributed by atoms with Gasteiger partial charge in [-0.1, -0.05) is 19.8 Å². The van der Waals surface area contributed by atoms with E-state index in [2.05, 4.69) is 17.6 Å². The maximum absolute atomic E-state index is 12.8. The van der Waals surface area contributed by atoms with Crippen LogP contribution in [0.4, 0.5) is 14.9 Å². The number of urea groups is 1. The SMILES string of the molecule is CC1CCCC(CO)(NC(=O)Nc2ccc(F)cc2)C1. The van der Waals surface area contributed by atoms with Gasteiger partial charge in [0, 0.05) is 5.69 Å². The van der Waals surface area contributed by atoms with Gasteiger partial charge in [-0.05, 0) is 43.0 Å². The molecule has 2 atom stereocenters. The van der Waals surface area contributed by atoms with Crippen LogP contribution in [0.1, 0.15) is 32.6 Å². The molecule has 2 rings (SSSR count). The highest BCUT2D eigenvalue weighted by Gasteiger charge is 2.35. The number of aliphatic hydroxyl groups excluding tert-OH is 1. The summed E-state index contributed by atoms with van der Waals surface area (Å²) in [5.41, 5.74) is -0.0113. The Kier molecular flexibility index (Phi) is 4.60. The zero-order valence-corrected chi connectivity index (χ0v) is 11.7. The van der Waals surface area contributed by atoms with Crippen LogP contribution in [-0.2, 0) is 0 Å². The van der Waals surface area contributed by atoms with Gasteiger partial charge in [-0.2, -0.15) is 0 Å². The molecule has 0 spiro atoms. The first-order valence-corrected chi connectivity index (χ1v) is 6.99. The monoisotopic (exact) mass is 280 g/mol. The number of halogens is 1. The normalized spacial score (nSPS) is 26.1. The fourth-order valence-electron chi connectivity index (χ4n) is 2.89. The van der Waals surface area contributed by atoms with Crippen molar-refractivity contribution in [3.05, 3.63) is 30.1 Å². The molecule has 1 aromatic carbocycles. The zero-order valence-electron chi connectivity index (χ0n) is 11.7. The summed E-state index contributed by atoms with van der Waals surface area (Å²) in [4.78, 5) is 12.0. The standard InChI is InChI=1S/C15H21FN2O2/c1-11-3-2-8-15(9-11,10-19)18-14(20)17-13-6-4-12(16)5-7-13/h4-7,11,19H,2-3,8-10H2,1H3,(H2,17,18,20). The second-order valence-electron chi connectivity index (χ2n) is 5.73. The Hall–Kier alpha value is -1.62. The number of anilines is 1. The maximum atomic E-state index is 12.8. The third-order valence-electron chi connectivity index (χ3n) is 3.87. The van der Waals surface area contributed by atoms with E-state index in [9.17, 15) is 14.3 Å². The van der Waals surface area contributed by atoms with Crippen LogP contribution in [0.5, 0.6) is 0 Å². The van der Waals surface area contributed by atoms with E-state index in [1.54, 1.807) is 0 Å². The van der Waals surface area contributed by atoms with Gasteiger partial charge in [0.25, 0.3) is 0 Å².